The lowest BCUT2D eigenvalue weighted by Crippen LogP contribution is -2.30. The Hall–Kier alpha value is -2.43. The number of aryl methyl sites for hydroxylation is 1. The minimum absolute atomic E-state index is 0.0728. The predicted octanol–water partition coefficient (Wildman–Crippen LogP) is 2.79. The number of carbonyl (C=O) groups is 1. The van der Waals surface area contributed by atoms with Crippen molar-refractivity contribution in [3.63, 3.8) is 0 Å². The van der Waals surface area contributed by atoms with E-state index in [0.29, 0.717) is 12.1 Å². The van der Waals surface area contributed by atoms with E-state index < -0.39 is 5.97 Å². The minimum Gasteiger partial charge on any atom is -0.477 e. The fourth-order valence-electron chi connectivity index (χ4n) is 2.56. The summed E-state index contributed by atoms with van der Waals surface area (Å²) in [5.74, 6) is -1.22. The number of rotatable bonds is 2. The summed E-state index contributed by atoms with van der Waals surface area (Å²) in [6.45, 7) is 3.09. The van der Waals surface area contributed by atoms with Gasteiger partial charge in [-0.05, 0) is 48.2 Å². The number of aromatic nitrogens is 1. The highest BCUT2D eigenvalue weighted by atomic mass is 19.1. The Balaban J connectivity index is 1.87. The Bertz CT molecular complexity index is 715. The summed E-state index contributed by atoms with van der Waals surface area (Å²) in [4.78, 5) is 17.0. The van der Waals surface area contributed by atoms with Crippen LogP contribution in [0.2, 0.25) is 0 Å². The largest absolute Gasteiger partial charge is 0.477 e. The number of aromatic carboxylic acids is 1. The van der Waals surface area contributed by atoms with Crippen molar-refractivity contribution in [1.82, 2.24) is 4.98 Å². The van der Waals surface area contributed by atoms with E-state index >= 15 is 0 Å². The molecule has 108 valence electrons. The van der Waals surface area contributed by atoms with Crippen LogP contribution >= 0.6 is 0 Å². The van der Waals surface area contributed by atoms with Gasteiger partial charge in [0.05, 0.1) is 0 Å². The molecule has 0 saturated carbocycles. The molecule has 4 nitrogen and oxygen atoms in total. The van der Waals surface area contributed by atoms with Crippen molar-refractivity contribution >= 4 is 11.7 Å². The van der Waals surface area contributed by atoms with Crippen LogP contribution in [0.3, 0.4) is 0 Å². The third kappa shape index (κ3) is 2.59. The molecule has 1 N–H and O–H groups in total. The van der Waals surface area contributed by atoms with Gasteiger partial charge < -0.3 is 10.0 Å². The zero-order chi connectivity index (χ0) is 15.0. The third-order valence-corrected chi connectivity index (χ3v) is 3.83. The average Bonchev–Trinajstić information content (AvgIpc) is 2.49. The van der Waals surface area contributed by atoms with E-state index in [-0.39, 0.29) is 11.5 Å². The molecule has 2 heterocycles. The maximum atomic E-state index is 13.7. The van der Waals surface area contributed by atoms with Crippen LogP contribution in [-0.2, 0) is 13.0 Å². The third-order valence-electron chi connectivity index (χ3n) is 3.83. The monoisotopic (exact) mass is 286 g/mol. The molecule has 21 heavy (non-hydrogen) atoms. The molecule has 0 atom stereocenters. The number of hydrogen-bond acceptors (Lipinski definition) is 3. The van der Waals surface area contributed by atoms with E-state index in [9.17, 15) is 9.18 Å². The van der Waals surface area contributed by atoms with Crippen LogP contribution in [-0.4, -0.2) is 22.6 Å². The fraction of sp³-hybridized carbons (Fsp3) is 0.250. The number of fused-ring (bicyclic) bond motifs is 1. The van der Waals surface area contributed by atoms with Crippen LogP contribution in [0.4, 0.5) is 10.1 Å². The number of anilines is 1. The van der Waals surface area contributed by atoms with Crippen LogP contribution in [0, 0.1) is 12.7 Å². The van der Waals surface area contributed by atoms with Gasteiger partial charge >= 0.3 is 5.97 Å². The van der Waals surface area contributed by atoms with Gasteiger partial charge in [-0.1, -0.05) is 6.07 Å². The first-order valence-electron chi connectivity index (χ1n) is 6.77. The molecule has 0 unspecified atom stereocenters. The van der Waals surface area contributed by atoms with Gasteiger partial charge in [0.2, 0.25) is 0 Å². The first-order chi connectivity index (χ1) is 10.0. The molecule has 0 fully saturated rings. The molecule has 0 aliphatic carbocycles. The normalized spacial score (nSPS) is 13.9. The highest BCUT2D eigenvalue weighted by molar-refractivity contribution is 5.85. The Morgan fingerprint density at radius 3 is 2.86 bits per heavy atom. The first-order valence-corrected chi connectivity index (χ1v) is 6.77. The lowest BCUT2D eigenvalue weighted by atomic mass is 10.0. The summed E-state index contributed by atoms with van der Waals surface area (Å²) in [5.41, 5.74) is 3.54. The maximum Gasteiger partial charge on any atom is 0.354 e. The molecular weight excluding hydrogens is 271 g/mol. The lowest BCUT2D eigenvalue weighted by molar-refractivity contribution is 0.0690. The topological polar surface area (TPSA) is 53.4 Å². The van der Waals surface area contributed by atoms with Crippen molar-refractivity contribution < 1.29 is 14.3 Å². The van der Waals surface area contributed by atoms with E-state index in [1.165, 1.54) is 0 Å². The van der Waals surface area contributed by atoms with Gasteiger partial charge in [-0.15, -0.1) is 0 Å². The number of halogens is 1. The molecule has 2 aromatic rings. The molecule has 3 rings (SSSR count). The summed E-state index contributed by atoms with van der Waals surface area (Å²) in [6, 6.07) is 6.85. The number of nitrogens with zero attached hydrogens (tertiary/aromatic N) is 2. The molecular formula is C16H15FN2O2. The Kier molecular flexibility index (Phi) is 3.33. The average molecular weight is 286 g/mol. The summed E-state index contributed by atoms with van der Waals surface area (Å²) >= 11 is 0. The molecule has 0 bridgehead atoms. The van der Waals surface area contributed by atoms with Gasteiger partial charge in [0.1, 0.15) is 11.5 Å². The molecule has 1 aromatic carbocycles. The van der Waals surface area contributed by atoms with Crippen LogP contribution in [0.15, 0.2) is 30.5 Å². The van der Waals surface area contributed by atoms with Crippen molar-refractivity contribution in [3.8, 4) is 0 Å². The summed E-state index contributed by atoms with van der Waals surface area (Å²) in [5, 5.41) is 8.96. The molecule has 5 heteroatoms. The predicted molar refractivity (Wildman–Crippen MR) is 77.1 cm³/mol. The van der Waals surface area contributed by atoms with E-state index in [1.807, 2.05) is 6.07 Å². The maximum absolute atomic E-state index is 13.7. The lowest BCUT2D eigenvalue weighted by Gasteiger charge is -2.30. The molecule has 0 spiro atoms. The summed E-state index contributed by atoms with van der Waals surface area (Å²) in [6.07, 6.45) is 2.34. The highest BCUT2D eigenvalue weighted by Crippen LogP contribution is 2.25. The van der Waals surface area contributed by atoms with Gasteiger partial charge in [0, 0.05) is 25.0 Å². The van der Waals surface area contributed by atoms with Crippen LogP contribution in [0.1, 0.15) is 27.2 Å². The van der Waals surface area contributed by atoms with E-state index in [4.69, 9.17) is 5.11 Å². The fourth-order valence-corrected chi connectivity index (χ4v) is 2.56. The number of carboxylic acid groups (broad SMARTS) is 1. The molecule has 0 saturated heterocycles. The Morgan fingerprint density at radius 1 is 1.33 bits per heavy atom. The summed E-state index contributed by atoms with van der Waals surface area (Å²) < 4.78 is 13.7. The van der Waals surface area contributed by atoms with Crippen LogP contribution in [0.25, 0.3) is 0 Å². The minimum atomic E-state index is -1.01. The number of pyridine rings is 1. The van der Waals surface area contributed by atoms with Gasteiger partial charge in [-0.3, -0.25) is 0 Å². The van der Waals surface area contributed by atoms with E-state index in [0.717, 1.165) is 29.8 Å². The second-order valence-electron chi connectivity index (χ2n) is 5.25. The highest BCUT2D eigenvalue weighted by Gasteiger charge is 2.19. The van der Waals surface area contributed by atoms with Crippen molar-refractivity contribution in [3.05, 3.63) is 58.7 Å². The van der Waals surface area contributed by atoms with E-state index in [1.54, 1.807) is 31.3 Å². The van der Waals surface area contributed by atoms with Crippen LogP contribution < -0.4 is 4.90 Å². The molecule has 1 aliphatic rings. The zero-order valence-electron chi connectivity index (χ0n) is 11.6. The zero-order valence-corrected chi connectivity index (χ0v) is 11.6. The smallest absolute Gasteiger partial charge is 0.354 e. The Labute approximate surface area is 121 Å². The number of carboxylic acids is 1. The van der Waals surface area contributed by atoms with Crippen LogP contribution in [0.5, 0.6) is 0 Å². The number of hydrogen-bond donors (Lipinski definition) is 1. The molecule has 1 aromatic heterocycles. The van der Waals surface area contributed by atoms with Gasteiger partial charge in [-0.2, -0.15) is 0 Å². The molecule has 1 aliphatic heterocycles. The molecule has 0 amide bonds. The summed E-state index contributed by atoms with van der Waals surface area (Å²) in [7, 11) is 0. The van der Waals surface area contributed by atoms with Gasteiger partial charge in [0.25, 0.3) is 0 Å². The SMILES string of the molecule is Cc1ccc(N2CCc3cc(C(=O)O)ncc3C2)cc1F. The Morgan fingerprint density at radius 2 is 2.14 bits per heavy atom. The van der Waals surface area contributed by atoms with Crippen molar-refractivity contribution in [1.29, 1.82) is 0 Å². The quantitative estimate of drug-likeness (QED) is 0.922. The first kappa shape index (κ1) is 13.5. The van der Waals surface area contributed by atoms with E-state index in [2.05, 4.69) is 9.88 Å². The van der Waals surface area contributed by atoms with Crippen molar-refractivity contribution in [2.24, 2.45) is 0 Å². The van der Waals surface area contributed by atoms with Crippen molar-refractivity contribution in [2.75, 3.05) is 11.4 Å². The second kappa shape index (κ2) is 5.16. The van der Waals surface area contributed by atoms with Crippen molar-refractivity contribution in [2.45, 2.75) is 19.9 Å². The van der Waals surface area contributed by atoms with Gasteiger partial charge in [-0.25, -0.2) is 14.2 Å². The standard InChI is InChI=1S/C16H15FN2O2/c1-10-2-3-13(7-14(10)17)19-5-4-11-6-15(16(20)21)18-8-12(11)9-19/h2-3,6-8H,4-5,9H2,1H3,(H,20,21). The van der Waals surface area contributed by atoms with Gasteiger partial charge in [0.15, 0.2) is 0 Å². The second-order valence-corrected chi connectivity index (χ2v) is 5.25. The molecule has 0 radical (unpaired) electrons. The number of benzene rings is 1.